The van der Waals surface area contributed by atoms with Gasteiger partial charge in [0, 0.05) is 5.56 Å². The van der Waals surface area contributed by atoms with Gasteiger partial charge in [-0.2, -0.15) is 0 Å². The average molecular weight is 311 g/mol. The molecule has 0 bridgehead atoms. The van der Waals surface area contributed by atoms with E-state index in [2.05, 4.69) is 11.9 Å². The molecule has 0 saturated carbocycles. The monoisotopic (exact) mass is 311 g/mol. The highest BCUT2D eigenvalue weighted by Gasteiger charge is 2.10. The molecule has 0 aliphatic heterocycles. The van der Waals surface area contributed by atoms with E-state index in [-0.39, 0.29) is 5.91 Å². The van der Waals surface area contributed by atoms with E-state index >= 15 is 0 Å². The zero-order valence-corrected chi connectivity index (χ0v) is 13.2. The minimum Gasteiger partial charge on any atom is -0.494 e. The Hall–Kier alpha value is -2.75. The van der Waals surface area contributed by atoms with Gasteiger partial charge in [0.1, 0.15) is 18.1 Å². The Morgan fingerprint density at radius 2 is 2.00 bits per heavy atom. The molecule has 0 aromatic heterocycles. The van der Waals surface area contributed by atoms with Gasteiger partial charge in [0.25, 0.3) is 5.91 Å². The number of ether oxygens (including phenoxy) is 2. The fourth-order valence-electron chi connectivity index (χ4n) is 1.99. The van der Waals surface area contributed by atoms with E-state index in [0.717, 1.165) is 6.42 Å². The number of carbonyl (C=O) groups is 1. The topological polar surface area (TPSA) is 47.6 Å². The maximum absolute atomic E-state index is 12.4. The molecule has 23 heavy (non-hydrogen) atoms. The lowest BCUT2D eigenvalue weighted by Gasteiger charge is -2.12. The van der Waals surface area contributed by atoms with E-state index in [4.69, 9.17) is 9.47 Å². The quantitative estimate of drug-likeness (QED) is 0.740. The number of benzene rings is 2. The van der Waals surface area contributed by atoms with Crippen molar-refractivity contribution in [1.29, 1.82) is 0 Å². The van der Waals surface area contributed by atoms with Gasteiger partial charge in [0.05, 0.1) is 12.3 Å². The molecule has 0 spiro atoms. The molecule has 1 amide bonds. The standard InChI is InChI=1S/C19H21NO3/c1-3-12-22-16-9-7-8-15(14-16)19(21)20-17-10-5-6-11-18(17)23-13-4-2/h4-11,14H,2-3,12-13H2,1H3,(H,20,21). The Morgan fingerprint density at radius 3 is 2.78 bits per heavy atom. The van der Waals surface area contributed by atoms with Crippen LogP contribution in [-0.4, -0.2) is 19.1 Å². The van der Waals surface area contributed by atoms with Crippen LogP contribution in [0, 0.1) is 0 Å². The summed E-state index contributed by atoms with van der Waals surface area (Å²) in [7, 11) is 0. The van der Waals surface area contributed by atoms with Gasteiger partial charge in [-0.15, -0.1) is 0 Å². The Labute approximate surface area is 136 Å². The molecule has 0 saturated heterocycles. The molecule has 0 radical (unpaired) electrons. The van der Waals surface area contributed by atoms with Crippen LogP contribution in [0.2, 0.25) is 0 Å². The van der Waals surface area contributed by atoms with Crippen LogP contribution >= 0.6 is 0 Å². The third-order valence-electron chi connectivity index (χ3n) is 3.06. The molecule has 1 N–H and O–H groups in total. The fourth-order valence-corrected chi connectivity index (χ4v) is 1.99. The highest BCUT2D eigenvalue weighted by atomic mass is 16.5. The zero-order valence-electron chi connectivity index (χ0n) is 13.2. The third kappa shape index (κ3) is 4.88. The summed E-state index contributed by atoms with van der Waals surface area (Å²) in [5, 5.41) is 2.87. The van der Waals surface area contributed by atoms with Crippen LogP contribution in [-0.2, 0) is 0 Å². The number of rotatable bonds is 8. The Balaban J connectivity index is 2.11. The van der Waals surface area contributed by atoms with Crippen LogP contribution in [0.1, 0.15) is 23.7 Å². The van der Waals surface area contributed by atoms with E-state index in [1.165, 1.54) is 0 Å². The molecule has 2 aromatic carbocycles. The van der Waals surface area contributed by atoms with Crippen LogP contribution in [0.5, 0.6) is 11.5 Å². The number of nitrogens with one attached hydrogen (secondary N) is 1. The summed E-state index contributed by atoms with van der Waals surface area (Å²) in [6.45, 7) is 6.67. The highest BCUT2D eigenvalue weighted by Crippen LogP contribution is 2.25. The molecule has 4 nitrogen and oxygen atoms in total. The minimum atomic E-state index is -0.207. The molecule has 2 rings (SSSR count). The second-order valence-electron chi connectivity index (χ2n) is 4.93. The number of para-hydroxylation sites is 2. The van der Waals surface area contributed by atoms with E-state index in [9.17, 15) is 4.79 Å². The first-order valence-electron chi connectivity index (χ1n) is 7.61. The van der Waals surface area contributed by atoms with Gasteiger partial charge < -0.3 is 14.8 Å². The summed E-state index contributed by atoms with van der Waals surface area (Å²) in [5.41, 5.74) is 1.16. The smallest absolute Gasteiger partial charge is 0.255 e. The van der Waals surface area contributed by atoms with E-state index in [0.29, 0.717) is 36.0 Å². The van der Waals surface area contributed by atoms with Gasteiger partial charge in [-0.1, -0.05) is 37.8 Å². The van der Waals surface area contributed by atoms with E-state index in [1.54, 1.807) is 36.4 Å². The number of amides is 1. The third-order valence-corrected chi connectivity index (χ3v) is 3.06. The average Bonchev–Trinajstić information content (AvgIpc) is 2.59. The fraction of sp³-hybridized carbons (Fsp3) is 0.211. The Morgan fingerprint density at radius 1 is 1.17 bits per heavy atom. The molecule has 0 unspecified atom stereocenters. The molecular weight excluding hydrogens is 290 g/mol. The van der Waals surface area contributed by atoms with Gasteiger partial charge in [-0.25, -0.2) is 0 Å². The van der Waals surface area contributed by atoms with Crippen LogP contribution in [0.3, 0.4) is 0 Å². The van der Waals surface area contributed by atoms with Crippen molar-refractivity contribution < 1.29 is 14.3 Å². The normalized spacial score (nSPS) is 9.96. The molecule has 0 atom stereocenters. The van der Waals surface area contributed by atoms with Crippen molar-refractivity contribution in [2.75, 3.05) is 18.5 Å². The van der Waals surface area contributed by atoms with Gasteiger partial charge in [-0.3, -0.25) is 4.79 Å². The summed E-state index contributed by atoms with van der Waals surface area (Å²) in [6.07, 6.45) is 2.58. The maximum Gasteiger partial charge on any atom is 0.255 e. The number of anilines is 1. The van der Waals surface area contributed by atoms with Crippen molar-refractivity contribution in [3.63, 3.8) is 0 Å². The van der Waals surface area contributed by atoms with Crippen LogP contribution in [0.25, 0.3) is 0 Å². The summed E-state index contributed by atoms with van der Waals surface area (Å²) < 4.78 is 11.1. The molecule has 4 heteroatoms. The van der Waals surface area contributed by atoms with Crippen molar-refractivity contribution in [1.82, 2.24) is 0 Å². The molecule has 2 aromatic rings. The van der Waals surface area contributed by atoms with Crippen molar-refractivity contribution in [3.8, 4) is 11.5 Å². The zero-order chi connectivity index (χ0) is 16.5. The molecule has 0 fully saturated rings. The van der Waals surface area contributed by atoms with E-state index in [1.807, 2.05) is 25.1 Å². The summed E-state index contributed by atoms with van der Waals surface area (Å²) in [6, 6.07) is 14.4. The number of carbonyl (C=O) groups excluding carboxylic acids is 1. The van der Waals surface area contributed by atoms with Crippen LogP contribution < -0.4 is 14.8 Å². The lowest BCUT2D eigenvalue weighted by molar-refractivity contribution is 0.102. The molecule has 120 valence electrons. The second-order valence-corrected chi connectivity index (χ2v) is 4.93. The van der Waals surface area contributed by atoms with Gasteiger partial charge in [-0.05, 0) is 36.8 Å². The molecule has 0 heterocycles. The predicted octanol–water partition coefficient (Wildman–Crippen LogP) is 4.29. The Bertz CT molecular complexity index is 667. The summed E-state index contributed by atoms with van der Waals surface area (Å²) in [4.78, 5) is 12.4. The first-order chi connectivity index (χ1) is 11.2. The van der Waals surface area contributed by atoms with Gasteiger partial charge >= 0.3 is 0 Å². The highest BCUT2D eigenvalue weighted by molar-refractivity contribution is 6.05. The summed E-state index contributed by atoms with van der Waals surface area (Å²) >= 11 is 0. The van der Waals surface area contributed by atoms with Crippen molar-refractivity contribution in [2.45, 2.75) is 13.3 Å². The Kier molecular flexibility index (Phi) is 6.24. The van der Waals surface area contributed by atoms with Crippen molar-refractivity contribution >= 4 is 11.6 Å². The lowest BCUT2D eigenvalue weighted by atomic mass is 10.2. The SMILES string of the molecule is C=CCOc1ccccc1NC(=O)c1cccc(OCCC)c1. The van der Waals surface area contributed by atoms with Crippen molar-refractivity contribution in [3.05, 3.63) is 66.7 Å². The number of hydrogen-bond acceptors (Lipinski definition) is 3. The van der Waals surface area contributed by atoms with Crippen LogP contribution in [0.15, 0.2) is 61.2 Å². The molecule has 0 aliphatic rings. The maximum atomic E-state index is 12.4. The van der Waals surface area contributed by atoms with Gasteiger partial charge in [0.15, 0.2) is 0 Å². The van der Waals surface area contributed by atoms with Crippen molar-refractivity contribution in [2.24, 2.45) is 0 Å². The van der Waals surface area contributed by atoms with E-state index < -0.39 is 0 Å². The summed E-state index contributed by atoms with van der Waals surface area (Å²) in [5.74, 6) is 1.09. The first kappa shape index (κ1) is 16.6. The predicted molar refractivity (Wildman–Crippen MR) is 92.3 cm³/mol. The minimum absolute atomic E-state index is 0.207. The number of hydrogen-bond donors (Lipinski definition) is 1. The molecule has 0 aliphatic carbocycles. The lowest BCUT2D eigenvalue weighted by Crippen LogP contribution is -2.13. The first-order valence-corrected chi connectivity index (χ1v) is 7.61. The largest absolute Gasteiger partial charge is 0.494 e. The van der Waals surface area contributed by atoms with Gasteiger partial charge in [0.2, 0.25) is 0 Å². The molecular formula is C19H21NO3. The van der Waals surface area contributed by atoms with Crippen LogP contribution in [0.4, 0.5) is 5.69 Å². The second kappa shape index (κ2) is 8.63.